The molecule has 0 bridgehead atoms. The van der Waals surface area contributed by atoms with Crippen molar-refractivity contribution in [3.8, 4) is 5.75 Å². The number of ketones is 1. The molecule has 1 saturated heterocycles. The van der Waals surface area contributed by atoms with Gasteiger partial charge in [0.25, 0.3) is 0 Å². The molecule has 0 aliphatic carbocycles. The second-order valence-electron chi connectivity index (χ2n) is 4.22. The Morgan fingerprint density at radius 3 is 2.56 bits per heavy atom. The van der Waals surface area contributed by atoms with E-state index in [0.29, 0.717) is 34.6 Å². The van der Waals surface area contributed by atoms with Gasteiger partial charge in [-0.15, -0.1) is 0 Å². The third-order valence-electron chi connectivity index (χ3n) is 3.10. The predicted octanol–water partition coefficient (Wildman–Crippen LogP) is 3.61. The Kier molecular flexibility index (Phi) is 4.49. The monoisotopic (exact) mass is 288 g/mol. The first-order valence-electron chi connectivity index (χ1n) is 5.78. The summed E-state index contributed by atoms with van der Waals surface area (Å²) in [4.78, 5) is 12.3. The van der Waals surface area contributed by atoms with Crippen LogP contribution in [0.4, 0.5) is 0 Å². The Morgan fingerprint density at radius 1 is 1.28 bits per heavy atom. The fraction of sp³-hybridized carbons (Fsp3) is 0.462. The molecular formula is C13H14Cl2O3. The summed E-state index contributed by atoms with van der Waals surface area (Å²) in [5.41, 5.74) is 0.467. The van der Waals surface area contributed by atoms with E-state index in [4.69, 9.17) is 32.7 Å². The Balaban J connectivity index is 2.27. The summed E-state index contributed by atoms with van der Waals surface area (Å²) in [5.74, 6) is 0.485. The van der Waals surface area contributed by atoms with E-state index in [1.807, 2.05) is 0 Å². The highest BCUT2D eigenvalue weighted by Crippen LogP contribution is 2.33. The molecule has 0 aromatic heterocycles. The topological polar surface area (TPSA) is 35.5 Å². The molecule has 0 saturated carbocycles. The van der Waals surface area contributed by atoms with Gasteiger partial charge in [0.05, 0.1) is 17.2 Å². The minimum atomic E-state index is -0.0271. The first kappa shape index (κ1) is 13.7. The van der Waals surface area contributed by atoms with Crippen LogP contribution in [0.2, 0.25) is 10.0 Å². The molecular weight excluding hydrogens is 275 g/mol. The minimum Gasteiger partial charge on any atom is -0.495 e. The van der Waals surface area contributed by atoms with Gasteiger partial charge in [-0.2, -0.15) is 0 Å². The number of halogens is 2. The van der Waals surface area contributed by atoms with Gasteiger partial charge < -0.3 is 9.47 Å². The standard InChI is InChI=1S/C13H14Cl2O3/c1-17-12-7-10(14)9(6-11(12)15)13(16)8-2-4-18-5-3-8/h6-8H,2-5H2,1H3. The van der Waals surface area contributed by atoms with Crippen molar-refractivity contribution in [2.45, 2.75) is 12.8 Å². The molecule has 98 valence electrons. The molecule has 2 rings (SSSR count). The van der Waals surface area contributed by atoms with Crippen molar-refractivity contribution in [2.75, 3.05) is 20.3 Å². The fourth-order valence-corrected chi connectivity index (χ4v) is 2.54. The SMILES string of the molecule is COc1cc(Cl)c(C(=O)C2CCOCC2)cc1Cl. The molecule has 1 aliphatic heterocycles. The number of methoxy groups -OCH3 is 1. The van der Waals surface area contributed by atoms with Crippen LogP contribution >= 0.6 is 23.2 Å². The van der Waals surface area contributed by atoms with Gasteiger partial charge in [0.2, 0.25) is 0 Å². The van der Waals surface area contributed by atoms with E-state index in [2.05, 4.69) is 0 Å². The quantitative estimate of drug-likeness (QED) is 0.797. The van der Waals surface area contributed by atoms with Crippen molar-refractivity contribution in [2.24, 2.45) is 5.92 Å². The number of hydrogen-bond donors (Lipinski definition) is 0. The molecule has 0 N–H and O–H groups in total. The van der Waals surface area contributed by atoms with Gasteiger partial charge in [-0.25, -0.2) is 0 Å². The van der Waals surface area contributed by atoms with Gasteiger partial charge in [0, 0.05) is 30.8 Å². The molecule has 0 unspecified atom stereocenters. The van der Waals surface area contributed by atoms with Gasteiger partial charge >= 0.3 is 0 Å². The van der Waals surface area contributed by atoms with E-state index >= 15 is 0 Å². The van der Waals surface area contributed by atoms with Crippen molar-refractivity contribution in [3.05, 3.63) is 27.7 Å². The van der Waals surface area contributed by atoms with E-state index in [-0.39, 0.29) is 11.7 Å². The highest BCUT2D eigenvalue weighted by molar-refractivity contribution is 6.36. The number of Topliss-reactive ketones (excluding diaryl/α,β-unsaturated/α-hetero) is 1. The largest absolute Gasteiger partial charge is 0.495 e. The molecule has 0 amide bonds. The molecule has 3 nitrogen and oxygen atoms in total. The first-order valence-corrected chi connectivity index (χ1v) is 6.54. The third-order valence-corrected chi connectivity index (χ3v) is 3.71. The zero-order valence-corrected chi connectivity index (χ0v) is 11.6. The van der Waals surface area contributed by atoms with Crippen LogP contribution in [0.3, 0.4) is 0 Å². The molecule has 1 aromatic carbocycles. The zero-order chi connectivity index (χ0) is 13.1. The normalized spacial score (nSPS) is 16.6. The van der Waals surface area contributed by atoms with Crippen LogP contribution in [-0.4, -0.2) is 26.1 Å². The highest BCUT2D eigenvalue weighted by atomic mass is 35.5. The number of benzene rings is 1. The van der Waals surface area contributed by atoms with Crippen molar-refractivity contribution in [1.82, 2.24) is 0 Å². The van der Waals surface area contributed by atoms with Crippen LogP contribution in [0.5, 0.6) is 5.75 Å². The van der Waals surface area contributed by atoms with Gasteiger partial charge in [-0.1, -0.05) is 23.2 Å². The van der Waals surface area contributed by atoms with Crippen LogP contribution in [0, 0.1) is 5.92 Å². The van der Waals surface area contributed by atoms with Crippen molar-refractivity contribution in [1.29, 1.82) is 0 Å². The smallest absolute Gasteiger partial charge is 0.167 e. The van der Waals surface area contributed by atoms with Crippen LogP contribution in [-0.2, 0) is 4.74 Å². The maximum absolute atomic E-state index is 12.3. The van der Waals surface area contributed by atoms with Crippen LogP contribution in [0.15, 0.2) is 12.1 Å². The van der Waals surface area contributed by atoms with E-state index < -0.39 is 0 Å². The Bertz CT molecular complexity index is 454. The zero-order valence-electron chi connectivity index (χ0n) is 10.0. The average molecular weight is 289 g/mol. The number of carbonyl (C=O) groups excluding carboxylic acids is 1. The average Bonchev–Trinajstić information content (AvgIpc) is 2.41. The molecule has 1 aromatic rings. The first-order chi connectivity index (χ1) is 8.63. The molecule has 0 atom stereocenters. The van der Waals surface area contributed by atoms with Gasteiger partial charge in [-0.05, 0) is 18.9 Å². The lowest BCUT2D eigenvalue weighted by Gasteiger charge is -2.21. The van der Waals surface area contributed by atoms with Crippen LogP contribution < -0.4 is 4.74 Å². The van der Waals surface area contributed by atoms with Crippen molar-refractivity contribution >= 4 is 29.0 Å². The lowest BCUT2D eigenvalue weighted by atomic mass is 9.91. The van der Waals surface area contributed by atoms with Crippen molar-refractivity contribution in [3.63, 3.8) is 0 Å². The molecule has 1 heterocycles. The Hall–Kier alpha value is -0.770. The number of ether oxygens (including phenoxy) is 2. The summed E-state index contributed by atoms with van der Waals surface area (Å²) < 4.78 is 10.3. The van der Waals surface area contributed by atoms with E-state index in [1.165, 1.54) is 7.11 Å². The van der Waals surface area contributed by atoms with E-state index in [1.54, 1.807) is 12.1 Å². The summed E-state index contributed by atoms with van der Waals surface area (Å²) in [6.07, 6.45) is 1.47. The maximum atomic E-state index is 12.3. The number of hydrogen-bond acceptors (Lipinski definition) is 3. The molecule has 0 spiro atoms. The lowest BCUT2D eigenvalue weighted by molar-refractivity contribution is 0.0545. The van der Waals surface area contributed by atoms with E-state index in [0.717, 1.165) is 12.8 Å². The summed E-state index contributed by atoms with van der Waals surface area (Å²) in [6, 6.07) is 3.16. The van der Waals surface area contributed by atoms with Gasteiger partial charge in [-0.3, -0.25) is 4.79 Å². The summed E-state index contributed by atoms with van der Waals surface area (Å²) in [6.45, 7) is 1.25. The summed E-state index contributed by atoms with van der Waals surface area (Å²) in [7, 11) is 1.51. The maximum Gasteiger partial charge on any atom is 0.167 e. The molecule has 18 heavy (non-hydrogen) atoms. The van der Waals surface area contributed by atoms with Crippen LogP contribution in [0.1, 0.15) is 23.2 Å². The molecule has 1 fully saturated rings. The lowest BCUT2D eigenvalue weighted by Crippen LogP contribution is -2.23. The van der Waals surface area contributed by atoms with Gasteiger partial charge in [0.1, 0.15) is 5.75 Å². The highest BCUT2D eigenvalue weighted by Gasteiger charge is 2.25. The Morgan fingerprint density at radius 2 is 1.94 bits per heavy atom. The fourth-order valence-electron chi connectivity index (χ4n) is 2.05. The minimum absolute atomic E-state index is 0.0271. The Labute approximate surface area is 116 Å². The van der Waals surface area contributed by atoms with Crippen molar-refractivity contribution < 1.29 is 14.3 Å². The summed E-state index contributed by atoms with van der Waals surface area (Å²) >= 11 is 12.1. The second-order valence-corrected chi connectivity index (χ2v) is 5.03. The molecule has 5 heteroatoms. The predicted molar refractivity (Wildman–Crippen MR) is 70.9 cm³/mol. The van der Waals surface area contributed by atoms with Crippen LogP contribution in [0.25, 0.3) is 0 Å². The molecule has 1 aliphatic rings. The second kappa shape index (κ2) is 5.91. The van der Waals surface area contributed by atoms with E-state index in [9.17, 15) is 4.79 Å². The summed E-state index contributed by atoms with van der Waals surface area (Å²) in [5, 5.41) is 0.782. The molecule has 0 radical (unpaired) electrons. The number of rotatable bonds is 3. The number of carbonyl (C=O) groups is 1. The third kappa shape index (κ3) is 2.79. The van der Waals surface area contributed by atoms with Gasteiger partial charge in [0.15, 0.2) is 5.78 Å².